The fourth-order valence-electron chi connectivity index (χ4n) is 21.3. The van der Waals surface area contributed by atoms with Gasteiger partial charge in [0, 0.05) is 144 Å². The first-order valence-electron chi connectivity index (χ1n) is 46.6. The molecule has 0 saturated heterocycles. The lowest BCUT2D eigenvalue weighted by Crippen LogP contribution is -2.43. The van der Waals surface area contributed by atoms with Crippen LogP contribution in [0, 0.1) is 0 Å². The summed E-state index contributed by atoms with van der Waals surface area (Å²) in [5.74, 6) is 0.299. The molecule has 4 aliphatic carbocycles. The van der Waals surface area contributed by atoms with Gasteiger partial charge in [0.25, 0.3) is 22.2 Å². The Morgan fingerprint density at radius 3 is 0.985 bits per heavy atom. The maximum atomic E-state index is 13.5. The number of ether oxygens (including phenoxy) is 1. The van der Waals surface area contributed by atoms with Crippen molar-refractivity contribution in [1.29, 1.82) is 0 Å². The minimum atomic E-state index is -1.62. The highest BCUT2D eigenvalue weighted by molar-refractivity contribution is 5.97. The zero-order valence-corrected chi connectivity index (χ0v) is 79.2. The van der Waals surface area contributed by atoms with E-state index in [1.165, 1.54) is 16.7 Å². The van der Waals surface area contributed by atoms with Crippen LogP contribution in [0.1, 0.15) is 282 Å². The molecule has 0 fully saturated rings. The molecular weight excluding hydrogens is 1680 g/mol. The molecule has 6 N–H and O–H groups in total. The van der Waals surface area contributed by atoms with Crippen molar-refractivity contribution < 1.29 is 54.6 Å². The van der Waals surface area contributed by atoms with Crippen molar-refractivity contribution in [3.63, 3.8) is 0 Å². The Hall–Kier alpha value is -11.7. The number of ketones is 4. The Morgan fingerprint density at radius 2 is 0.684 bits per heavy atom. The second kappa shape index (κ2) is 34.3. The number of fused-ring (bicyclic) bond motifs is 20. The van der Waals surface area contributed by atoms with Crippen LogP contribution in [0.25, 0.3) is 89.2 Å². The second-order valence-corrected chi connectivity index (χ2v) is 40.5. The molecule has 25 heteroatoms. The summed E-state index contributed by atoms with van der Waals surface area (Å²) in [6.45, 7) is 35.9. The maximum Gasteiger partial charge on any atom is 0.254 e. The van der Waals surface area contributed by atoms with Crippen LogP contribution in [0.2, 0.25) is 0 Å². The lowest BCUT2D eigenvalue weighted by Gasteiger charge is -2.32. The summed E-state index contributed by atoms with van der Waals surface area (Å²) in [6.07, 6.45) is 3.15. The van der Waals surface area contributed by atoms with Crippen LogP contribution < -0.4 is 22.2 Å². The molecule has 696 valence electrons. The number of aliphatic hydroxyl groups is 4. The molecule has 4 atom stereocenters. The topological polar surface area (TPSA) is 345 Å². The van der Waals surface area contributed by atoms with E-state index in [2.05, 4.69) is 117 Å². The van der Waals surface area contributed by atoms with E-state index in [-0.39, 0.29) is 127 Å². The summed E-state index contributed by atoms with van der Waals surface area (Å²) in [5, 5.41) is 69.6. The number of hydrogen-bond acceptors (Lipinski definition) is 21. The van der Waals surface area contributed by atoms with Gasteiger partial charge in [-0.25, -0.2) is 19.9 Å². The second-order valence-electron chi connectivity index (χ2n) is 40.5. The molecule has 0 radical (unpaired) electrons. The van der Waals surface area contributed by atoms with Crippen molar-refractivity contribution in [2.75, 3.05) is 21.1 Å². The molecule has 12 aromatic rings. The smallest absolute Gasteiger partial charge is 0.254 e. The molecule has 4 aliphatic heterocycles. The third-order valence-electron chi connectivity index (χ3n) is 29.0. The lowest BCUT2D eigenvalue weighted by atomic mass is 9.77. The number of benzene rings is 4. The van der Waals surface area contributed by atoms with Crippen LogP contribution in [0.4, 0.5) is 0 Å². The van der Waals surface area contributed by atoms with E-state index in [4.69, 9.17) is 24.7 Å². The molecular formula is C108H124N10O15. The SMILES string of the molecule is C.CC[C@@]1(O)C(=O)CCc2c1cc1n(c2=O)Cc2cc3c(C(C)(C)C)c(O)ccc3nc2-1.CC[C@@]1(O)C(=O)CCc2c1cc1n(c2=O)Cc2cc3c(CN(C)C(C)C)c(O)ccc3nc2-1.CC[C@@]1(O)C(=O)CCc2c1cc1n(c2=O)Cc2cc3c(CN(C)C)c(C(C)C)ccc3nc2-1.CC[C@@]1(O)C(=O)CCc2c1cc1n(c2=O)Cc2cc3c(COC(C)(C)C)c(C(C)C)ccc3nc2-1. The number of hydrogen-bond donors (Lipinski definition) is 6. The minimum absolute atomic E-state index is 0. The van der Waals surface area contributed by atoms with Gasteiger partial charge < -0.3 is 58.5 Å². The highest BCUT2D eigenvalue weighted by atomic mass is 16.5. The van der Waals surface area contributed by atoms with E-state index >= 15 is 0 Å². The Balaban J connectivity index is 0.000000129. The third-order valence-corrected chi connectivity index (χ3v) is 29.0. The van der Waals surface area contributed by atoms with Gasteiger partial charge in [-0.05, 0) is 232 Å². The number of carbonyl (C=O) groups is 4. The van der Waals surface area contributed by atoms with Crippen LogP contribution in [0.5, 0.6) is 11.5 Å². The number of pyridine rings is 8. The van der Waals surface area contributed by atoms with Crippen molar-refractivity contribution in [3.8, 4) is 57.1 Å². The Bertz CT molecular complexity index is 7220. The van der Waals surface area contributed by atoms with Crippen LogP contribution in [0.3, 0.4) is 0 Å². The van der Waals surface area contributed by atoms with Crippen LogP contribution in [-0.2, 0) is 123 Å². The summed E-state index contributed by atoms with van der Waals surface area (Å²) in [5.41, 5.74) is 15.5. The zero-order chi connectivity index (χ0) is 94.9. The molecule has 12 heterocycles. The standard InChI is InChI=1S/C29H34N2O4.C27H31N3O3.C26H29N3O4.C25H26N2O4.CH4/c1-7-29(34)22-13-24-26-17(14-31(24)27(33)19(22)9-11-25(29)32)12-20-21(15-35-28(4,5)6)18(16(2)3)8-10-23(20)30-26;1-6-27(33)21-12-23-25-16(13-30(23)26(32)18(21)8-10-24(27)31)11-19-20(14-29(4)5)17(15(2)3)7-9-22(19)28-25;1-5-26(33)19-11-21-24-15(12-29(21)25(32)16(19)6-9-23(26)31)10-17-18(13-28(4)14(2)3)22(30)8-7-20(17)27-24;1-5-25(31)16-11-18-22-13(12-27(18)23(30)14(16)6-9-20(25)29)10-15-17(26-22)7-8-19(28)21(15)24(2,3)4;/h8,10,12-13,16,34H,7,9,11,14-15H2,1-6H3;7,9,11-12,15,33H,6,8,10,13-14H2,1-5H3;7-8,10-11,14,30,33H,5-6,9,12-13H2,1-4H3;7-8,10-11,28,31H,5-6,9,12H2,1-4H3;1H4/t29-;27-;26-;25-;/m0000./s1. The van der Waals surface area contributed by atoms with Crippen LogP contribution >= 0.6 is 0 Å². The predicted molar refractivity (Wildman–Crippen MR) is 518 cm³/mol. The van der Waals surface area contributed by atoms with Crippen molar-refractivity contribution in [2.45, 2.75) is 292 Å². The van der Waals surface area contributed by atoms with Gasteiger partial charge in [0.15, 0.2) is 23.1 Å². The minimum Gasteiger partial charge on any atom is -0.508 e. The van der Waals surface area contributed by atoms with E-state index in [1.807, 2.05) is 58.2 Å². The normalized spacial score (nSPS) is 19.3. The number of phenols is 2. The average molecular weight is 1800 g/mol. The van der Waals surface area contributed by atoms with Crippen LogP contribution in [-0.4, -0.2) is 135 Å². The highest BCUT2D eigenvalue weighted by Gasteiger charge is 2.48. The summed E-state index contributed by atoms with van der Waals surface area (Å²) in [4.78, 5) is 128. The van der Waals surface area contributed by atoms with E-state index in [1.54, 1.807) is 82.4 Å². The van der Waals surface area contributed by atoms with Gasteiger partial charge in [-0.1, -0.05) is 95.7 Å². The molecule has 8 aliphatic rings. The maximum absolute atomic E-state index is 13.5. The van der Waals surface area contributed by atoms with E-state index in [0.29, 0.717) is 162 Å². The predicted octanol–water partition coefficient (Wildman–Crippen LogP) is 16.0. The van der Waals surface area contributed by atoms with Crippen molar-refractivity contribution >= 4 is 66.7 Å². The molecule has 0 unspecified atom stereocenters. The number of Topliss-reactive ketones (excluding diaryl/α,β-unsaturated/α-hetero) is 4. The fraction of sp³-hybridized carbons (Fsp3) is 0.444. The van der Waals surface area contributed by atoms with Crippen molar-refractivity contribution in [1.82, 2.24) is 48.0 Å². The van der Waals surface area contributed by atoms with Gasteiger partial charge in [0.05, 0.1) is 106 Å². The number of aromatic nitrogens is 8. The summed E-state index contributed by atoms with van der Waals surface area (Å²) in [6, 6.07) is 31.2. The largest absolute Gasteiger partial charge is 0.508 e. The van der Waals surface area contributed by atoms with E-state index < -0.39 is 22.4 Å². The van der Waals surface area contributed by atoms with Gasteiger partial charge in [0.2, 0.25) is 0 Å². The lowest BCUT2D eigenvalue weighted by molar-refractivity contribution is -0.140. The Morgan fingerprint density at radius 1 is 0.391 bits per heavy atom. The monoisotopic (exact) mass is 1800 g/mol. The molecule has 8 aromatic heterocycles. The summed E-state index contributed by atoms with van der Waals surface area (Å²) in [7, 11) is 6.15. The Kier molecular flexibility index (Phi) is 24.4. The quantitative estimate of drug-likeness (QED) is 0.0624. The average Bonchev–Trinajstić information content (AvgIpc) is 1.60. The number of phenolic OH excluding ortho intramolecular Hbond substituents is 2. The zero-order valence-electron chi connectivity index (χ0n) is 79.2. The molecule has 20 rings (SSSR count). The number of aromatic hydroxyl groups is 2. The fourth-order valence-corrected chi connectivity index (χ4v) is 21.3. The molecule has 0 spiro atoms. The number of carbonyl (C=O) groups excluding carboxylic acids is 4. The first kappa shape index (κ1) is 94.5. The van der Waals surface area contributed by atoms with Crippen molar-refractivity contribution in [2.24, 2.45) is 0 Å². The van der Waals surface area contributed by atoms with Crippen LogP contribution in [0.15, 0.2) is 116 Å². The van der Waals surface area contributed by atoms with Gasteiger partial charge in [-0.3, -0.25) is 43.3 Å². The van der Waals surface area contributed by atoms with Gasteiger partial charge in [-0.2, -0.15) is 0 Å². The van der Waals surface area contributed by atoms with Crippen molar-refractivity contribution in [3.05, 3.63) is 239 Å². The van der Waals surface area contributed by atoms with Gasteiger partial charge in [-0.15, -0.1) is 0 Å². The highest BCUT2D eigenvalue weighted by Crippen LogP contribution is 2.48. The molecule has 25 nitrogen and oxygen atoms in total. The molecule has 0 amide bonds. The number of rotatable bonds is 13. The first-order valence-corrected chi connectivity index (χ1v) is 46.6. The summed E-state index contributed by atoms with van der Waals surface area (Å²) >= 11 is 0. The molecule has 0 bridgehead atoms. The van der Waals surface area contributed by atoms with Gasteiger partial charge in [0.1, 0.15) is 33.9 Å². The molecule has 0 saturated carbocycles. The Labute approximate surface area is 774 Å². The first-order chi connectivity index (χ1) is 62.3. The van der Waals surface area contributed by atoms with Gasteiger partial charge >= 0.3 is 0 Å². The molecule has 133 heavy (non-hydrogen) atoms. The molecule has 4 aromatic carbocycles. The summed E-state index contributed by atoms with van der Waals surface area (Å²) < 4.78 is 13.1. The number of nitrogens with zero attached hydrogens (tertiary/aromatic N) is 10. The van der Waals surface area contributed by atoms with E-state index in [0.717, 1.165) is 100 Å². The third kappa shape index (κ3) is 15.6. The van der Waals surface area contributed by atoms with E-state index in [9.17, 15) is 69.0 Å².